The van der Waals surface area contributed by atoms with Gasteiger partial charge in [0, 0.05) is 12.8 Å². The number of alkyl halides is 1. The fourth-order valence-corrected chi connectivity index (χ4v) is 2.66. The second-order valence-electron chi connectivity index (χ2n) is 4.36. The third-order valence-electron chi connectivity index (χ3n) is 3.35. The summed E-state index contributed by atoms with van der Waals surface area (Å²) in [6.45, 7) is 0.664. The number of fused-ring (bicyclic) bond motifs is 1. The molecule has 2 aliphatic rings. The standard InChI is InChI=1S/C12H12ClFO2/c13-9-3-1-2-8-6-12(16-11(8)9)4-5-15-7-10(12)14/h1-3,10H,4-7H2. The second kappa shape index (κ2) is 3.60. The van der Waals surface area contributed by atoms with Crippen LogP contribution >= 0.6 is 11.6 Å². The molecule has 0 bridgehead atoms. The van der Waals surface area contributed by atoms with Gasteiger partial charge in [-0.25, -0.2) is 4.39 Å². The van der Waals surface area contributed by atoms with Crippen LogP contribution in [0.5, 0.6) is 5.75 Å². The Morgan fingerprint density at radius 1 is 1.44 bits per heavy atom. The summed E-state index contributed by atoms with van der Waals surface area (Å²) < 4.78 is 24.8. The molecule has 2 atom stereocenters. The Morgan fingerprint density at radius 3 is 3.06 bits per heavy atom. The van der Waals surface area contributed by atoms with Gasteiger partial charge in [0.25, 0.3) is 0 Å². The van der Waals surface area contributed by atoms with E-state index in [1.54, 1.807) is 6.07 Å². The fraction of sp³-hybridized carbons (Fsp3) is 0.500. The van der Waals surface area contributed by atoms with E-state index in [4.69, 9.17) is 21.1 Å². The van der Waals surface area contributed by atoms with Gasteiger partial charge in [-0.05, 0) is 11.6 Å². The lowest BCUT2D eigenvalue weighted by molar-refractivity contribution is -0.0953. The van der Waals surface area contributed by atoms with Gasteiger partial charge in [0.15, 0.2) is 6.17 Å². The lowest BCUT2D eigenvalue weighted by Crippen LogP contribution is -2.50. The monoisotopic (exact) mass is 242 g/mol. The minimum atomic E-state index is -1.08. The van der Waals surface area contributed by atoms with E-state index in [0.717, 1.165) is 5.56 Å². The van der Waals surface area contributed by atoms with Crippen LogP contribution in [0.4, 0.5) is 4.39 Å². The van der Waals surface area contributed by atoms with Crippen molar-refractivity contribution in [1.29, 1.82) is 0 Å². The first-order valence-electron chi connectivity index (χ1n) is 5.39. The number of para-hydroxylation sites is 1. The zero-order chi connectivity index (χ0) is 11.2. The SMILES string of the molecule is FC1COCCC12Cc1cccc(Cl)c1O2. The number of hydrogen-bond acceptors (Lipinski definition) is 2. The van der Waals surface area contributed by atoms with Gasteiger partial charge in [0.2, 0.25) is 0 Å². The van der Waals surface area contributed by atoms with Gasteiger partial charge in [-0.3, -0.25) is 0 Å². The third kappa shape index (κ3) is 1.42. The third-order valence-corrected chi connectivity index (χ3v) is 3.65. The van der Waals surface area contributed by atoms with Crippen LogP contribution < -0.4 is 4.74 Å². The van der Waals surface area contributed by atoms with E-state index >= 15 is 0 Å². The highest BCUT2D eigenvalue weighted by atomic mass is 35.5. The maximum absolute atomic E-state index is 13.9. The van der Waals surface area contributed by atoms with Gasteiger partial charge in [0.1, 0.15) is 11.4 Å². The van der Waals surface area contributed by atoms with Crippen molar-refractivity contribution in [3.63, 3.8) is 0 Å². The first kappa shape index (κ1) is 10.4. The van der Waals surface area contributed by atoms with Crippen LogP contribution in [0.25, 0.3) is 0 Å². The summed E-state index contributed by atoms with van der Waals surface area (Å²) in [7, 11) is 0. The molecule has 86 valence electrons. The van der Waals surface area contributed by atoms with Gasteiger partial charge in [-0.2, -0.15) is 0 Å². The minimum Gasteiger partial charge on any atom is -0.482 e. The van der Waals surface area contributed by atoms with Crippen molar-refractivity contribution in [3.8, 4) is 5.75 Å². The first-order chi connectivity index (χ1) is 7.71. The van der Waals surface area contributed by atoms with Crippen LogP contribution in [0.1, 0.15) is 12.0 Å². The Hall–Kier alpha value is -0.800. The molecule has 2 aliphatic heterocycles. The van der Waals surface area contributed by atoms with Gasteiger partial charge >= 0.3 is 0 Å². The van der Waals surface area contributed by atoms with E-state index in [0.29, 0.717) is 30.2 Å². The van der Waals surface area contributed by atoms with Crippen LogP contribution in [0.15, 0.2) is 18.2 Å². The molecule has 0 N–H and O–H groups in total. The molecule has 2 unspecified atom stereocenters. The van der Waals surface area contributed by atoms with E-state index < -0.39 is 11.8 Å². The summed E-state index contributed by atoms with van der Waals surface area (Å²) in [5.41, 5.74) is 0.253. The molecule has 0 aliphatic carbocycles. The van der Waals surface area contributed by atoms with Crippen LogP contribution in [0.2, 0.25) is 5.02 Å². The molecule has 0 aromatic heterocycles. The highest BCUT2D eigenvalue weighted by molar-refractivity contribution is 6.32. The topological polar surface area (TPSA) is 18.5 Å². The molecule has 2 heterocycles. The van der Waals surface area contributed by atoms with Crippen molar-refractivity contribution < 1.29 is 13.9 Å². The number of ether oxygens (including phenoxy) is 2. The molecular weight excluding hydrogens is 231 g/mol. The Bertz CT molecular complexity index is 423. The van der Waals surface area contributed by atoms with E-state index in [2.05, 4.69) is 0 Å². The van der Waals surface area contributed by atoms with Crippen LogP contribution in [-0.2, 0) is 11.2 Å². The zero-order valence-corrected chi connectivity index (χ0v) is 9.47. The molecule has 0 amide bonds. The van der Waals surface area contributed by atoms with Crippen molar-refractivity contribution in [2.24, 2.45) is 0 Å². The fourth-order valence-electron chi connectivity index (χ4n) is 2.42. The average Bonchev–Trinajstić information content (AvgIpc) is 2.64. The second-order valence-corrected chi connectivity index (χ2v) is 4.77. The molecule has 0 radical (unpaired) electrons. The lowest BCUT2D eigenvalue weighted by Gasteiger charge is -2.35. The number of rotatable bonds is 0. The zero-order valence-electron chi connectivity index (χ0n) is 8.71. The predicted molar refractivity (Wildman–Crippen MR) is 58.8 cm³/mol. The Kier molecular flexibility index (Phi) is 2.33. The van der Waals surface area contributed by atoms with Crippen molar-refractivity contribution >= 4 is 11.6 Å². The molecule has 4 heteroatoms. The summed E-state index contributed by atoms with van der Waals surface area (Å²) >= 11 is 6.04. The largest absolute Gasteiger partial charge is 0.482 e. The molecule has 0 saturated carbocycles. The van der Waals surface area contributed by atoms with Crippen LogP contribution in [-0.4, -0.2) is 25.0 Å². The smallest absolute Gasteiger partial charge is 0.163 e. The summed E-state index contributed by atoms with van der Waals surface area (Å²) in [6, 6.07) is 5.58. The maximum atomic E-state index is 13.9. The average molecular weight is 243 g/mol. The lowest BCUT2D eigenvalue weighted by atomic mass is 9.88. The molecular formula is C12H12ClFO2. The molecule has 1 fully saturated rings. The Morgan fingerprint density at radius 2 is 2.31 bits per heavy atom. The maximum Gasteiger partial charge on any atom is 0.163 e. The van der Waals surface area contributed by atoms with Crippen molar-refractivity contribution in [2.75, 3.05) is 13.2 Å². The van der Waals surface area contributed by atoms with E-state index in [-0.39, 0.29) is 6.61 Å². The van der Waals surface area contributed by atoms with Crippen LogP contribution in [0, 0.1) is 0 Å². The first-order valence-corrected chi connectivity index (χ1v) is 5.77. The quantitative estimate of drug-likeness (QED) is 0.697. The van der Waals surface area contributed by atoms with Crippen LogP contribution in [0.3, 0.4) is 0 Å². The van der Waals surface area contributed by atoms with Crippen molar-refractivity contribution in [3.05, 3.63) is 28.8 Å². The number of hydrogen-bond donors (Lipinski definition) is 0. The predicted octanol–water partition coefficient (Wildman–Crippen LogP) is 2.77. The normalized spacial score (nSPS) is 32.5. The Balaban J connectivity index is 1.97. The highest BCUT2D eigenvalue weighted by Gasteiger charge is 2.49. The molecule has 1 spiro atoms. The van der Waals surface area contributed by atoms with Gasteiger partial charge < -0.3 is 9.47 Å². The minimum absolute atomic E-state index is 0.117. The summed E-state index contributed by atoms with van der Waals surface area (Å²) in [5, 5.41) is 0.563. The molecule has 3 rings (SSSR count). The highest BCUT2D eigenvalue weighted by Crippen LogP contribution is 2.45. The molecule has 16 heavy (non-hydrogen) atoms. The van der Waals surface area contributed by atoms with E-state index in [1.807, 2.05) is 12.1 Å². The van der Waals surface area contributed by atoms with Crippen molar-refractivity contribution in [1.82, 2.24) is 0 Å². The molecule has 2 nitrogen and oxygen atoms in total. The Labute approximate surface area is 98.3 Å². The molecule has 1 saturated heterocycles. The van der Waals surface area contributed by atoms with E-state index in [1.165, 1.54) is 0 Å². The summed E-state index contributed by atoms with van der Waals surface area (Å²) in [5.74, 6) is 0.647. The van der Waals surface area contributed by atoms with Gasteiger partial charge in [-0.15, -0.1) is 0 Å². The van der Waals surface area contributed by atoms with Gasteiger partial charge in [0.05, 0.1) is 18.2 Å². The van der Waals surface area contributed by atoms with Crippen molar-refractivity contribution in [2.45, 2.75) is 24.6 Å². The summed E-state index contributed by atoms with van der Waals surface area (Å²) in [4.78, 5) is 0. The molecule has 1 aromatic carbocycles. The number of halogens is 2. The molecule has 1 aromatic rings. The van der Waals surface area contributed by atoms with E-state index in [9.17, 15) is 4.39 Å². The van der Waals surface area contributed by atoms with Gasteiger partial charge in [-0.1, -0.05) is 23.7 Å². The number of benzene rings is 1. The summed E-state index contributed by atoms with van der Waals surface area (Å²) in [6.07, 6.45) is 0.0942.